The van der Waals surface area contributed by atoms with E-state index in [-0.39, 0.29) is 16.9 Å². The van der Waals surface area contributed by atoms with Crippen LogP contribution < -0.4 is 10.2 Å². The molecule has 0 atom stereocenters. The van der Waals surface area contributed by atoms with Gasteiger partial charge < -0.3 is 20.1 Å². The Labute approximate surface area is 219 Å². The molecular formula is C31H36N2O4. The first kappa shape index (κ1) is 26.3. The number of benzene rings is 3. The van der Waals surface area contributed by atoms with Gasteiger partial charge in [-0.3, -0.25) is 4.79 Å². The number of carbonyl (C=O) groups excluding carboxylic acids is 2. The minimum atomic E-state index is -0.675. The van der Waals surface area contributed by atoms with Crippen LogP contribution >= 0.6 is 0 Å². The number of nitrogens with one attached hydrogen (secondary N) is 1. The lowest BCUT2D eigenvalue weighted by Gasteiger charge is -2.29. The van der Waals surface area contributed by atoms with Crippen molar-refractivity contribution in [3.63, 3.8) is 0 Å². The van der Waals surface area contributed by atoms with Gasteiger partial charge in [-0.15, -0.1) is 0 Å². The maximum Gasteiger partial charge on any atom is 0.340 e. The molecule has 1 aliphatic heterocycles. The van der Waals surface area contributed by atoms with Crippen molar-refractivity contribution in [2.24, 2.45) is 0 Å². The number of aromatic hydroxyl groups is 1. The lowest BCUT2D eigenvalue weighted by Crippen LogP contribution is -2.29. The van der Waals surface area contributed by atoms with Gasteiger partial charge in [-0.2, -0.15) is 0 Å². The number of hydrogen-bond donors (Lipinski definition) is 2. The van der Waals surface area contributed by atoms with Crippen LogP contribution in [0.25, 0.3) is 0 Å². The predicted molar refractivity (Wildman–Crippen MR) is 148 cm³/mol. The van der Waals surface area contributed by atoms with Gasteiger partial charge in [0.25, 0.3) is 5.91 Å². The Balaban J connectivity index is 1.60. The van der Waals surface area contributed by atoms with Gasteiger partial charge in [0.1, 0.15) is 11.4 Å². The number of esters is 1. The zero-order valence-electron chi connectivity index (χ0n) is 21.9. The molecule has 3 aromatic carbocycles. The Morgan fingerprint density at radius 3 is 2.27 bits per heavy atom. The van der Waals surface area contributed by atoms with Gasteiger partial charge in [-0.1, -0.05) is 36.4 Å². The third-order valence-corrected chi connectivity index (χ3v) is 6.44. The second-order valence-electron chi connectivity index (χ2n) is 10.6. The van der Waals surface area contributed by atoms with E-state index in [1.807, 2.05) is 57.2 Å². The molecule has 0 bridgehead atoms. The number of piperidine rings is 1. The second kappa shape index (κ2) is 11.5. The highest BCUT2D eigenvalue weighted by atomic mass is 16.6. The van der Waals surface area contributed by atoms with E-state index in [1.165, 1.54) is 12.0 Å². The SMILES string of the molecule is CC(C)(C)OC(=O)c1ccc(CCc2ccccc2)cc1NC(=O)c1cc(N2CCCCC2)ccc1O. The average Bonchev–Trinajstić information content (AvgIpc) is 2.88. The summed E-state index contributed by atoms with van der Waals surface area (Å²) in [5, 5.41) is 13.4. The molecule has 37 heavy (non-hydrogen) atoms. The molecule has 1 fully saturated rings. The smallest absolute Gasteiger partial charge is 0.340 e. The minimum absolute atomic E-state index is 0.0997. The summed E-state index contributed by atoms with van der Waals surface area (Å²) in [6.45, 7) is 7.28. The van der Waals surface area contributed by atoms with E-state index >= 15 is 0 Å². The van der Waals surface area contributed by atoms with E-state index in [0.29, 0.717) is 5.69 Å². The van der Waals surface area contributed by atoms with E-state index in [2.05, 4.69) is 22.3 Å². The Kier molecular flexibility index (Phi) is 8.17. The van der Waals surface area contributed by atoms with Crippen LogP contribution in [0, 0.1) is 0 Å². The van der Waals surface area contributed by atoms with Crippen LogP contribution in [0.1, 0.15) is 71.9 Å². The number of hydrogen-bond acceptors (Lipinski definition) is 5. The number of ether oxygens (including phenoxy) is 1. The number of rotatable bonds is 7. The number of aryl methyl sites for hydroxylation is 2. The van der Waals surface area contributed by atoms with Gasteiger partial charge in [0, 0.05) is 18.8 Å². The summed E-state index contributed by atoms with van der Waals surface area (Å²) >= 11 is 0. The summed E-state index contributed by atoms with van der Waals surface area (Å²) in [6.07, 6.45) is 5.00. The van der Waals surface area contributed by atoms with Gasteiger partial charge in [0.15, 0.2) is 0 Å². The molecule has 0 unspecified atom stereocenters. The fraction of sp³-hybridized carbons (Fsp3) is 0.355. The Bertz CT molecular complexity index is 1240. The van der Waals surface area contributed by atoms with Crippen molar-refractivity contribution in [1.29, 1.82) is 0 Å². The lowest BCUT2D eigenvalue weighted by atomic mass is 10.0. The Morgan fingerprint density at radius 2 is 1.57 bits per heavy atom. The maximum atomic E-state index is 13.4. The lowest BCUT2D eigenvalue weighted by molar-refractivity contribution is 0.00707. The zero-order chi connectivity index (χ0) is 26.4. The van der Waals surface area contributed by atoms with Crippen molar-refractivity contribution in [1.82, 2.24) is 0 Å². The third-order valence-electron chi connectivity index (χ3n) is 6.44. The fourth-order valence-electron chi connectivity index (χ4n) is 4.54. The molecule has 3 aromatic rings. The first-order valence-corrected chi connectivity index (χ1v) is 13.0. The van der Waals surface area contributed by atoms with Crippen LogP contribution in [0.4, 0.5) is 11.4 Å². The van der Waals surface area contributed by atoms with Crippen molar-refractivity contribution in [2.45, 2.75) is 58.5 Å². The predicted octanol–water partition coefficient (Wildman–Crippen LogP) is 6.38. The summed E-state index contributed by atoms with van der Waals surface area (Å²) < 4.78 is 5.60. The maximum absolute atomic E-state index is 13.4. The molecule has 0 saturated carbocycles. The van der Waals surface area contributed by atoms with E-state index in [4.69, 9.17) is 4.74 Å². The summed E-state index contributed by atoms with van der Waals surface area (Å²) in [6, 6.07) is 20.7. The molecule has 1 amide bonds. The molecule has 1 aliphatic rings. The molecular weight excluding hydrogens is 464 g/mol. The van der Waals surface area contributed by atoms with Crippen LogP contribution in [0.5, 0.6) is 5.75 Å². The molecule has 0 aliphatic carbocycles. The minimum Gasteiger partial charge on any atom is -0.507 e. The average molecular weight is 501 g/mol. The monoisotopic (exact) mass is 500 g/mol. The number of phenolic OH excluding ortho intramolecular Hbond substituents is 1. The fourth-order valence-corrected chi connectivity index (χ4v) is 4.54. The number of amides is 1. The van der Waals surface area contributed by atoms with Crippen molar-refractivity contribution >= 4 is 23.3 Å². The molecule has 1 heterocycles. The first-order valence-electron chi connectivity index (χ1n) is 13.0. The largest absolute Gasteiger partial charge is 0.507 e. The highest BCUT2D eigenvalue weighted by Crippen LogP contribution is 2.29. The van der Waals surface area contributed by atoms with Crippen LogP contribution in [-0.4, -0.2) is 35.7 Å². The summed E-state index contributed by atoms with van der Waals surface area (Å²) in [4.78, 5) is 28.6. The van der Waals surface area contributed by atoms with Gasteiger partial charge in [0.05, 0.1) is 16.8 Å². The molecule has 194 valence electrons. The quantitative estimate of drug-likeness (QED) is 0.368. The van der Waals surface area contributed by atoms with Gasteiger partial charge in [-0.05, 0) is 94.3 Å². The molecule has 0 radical (unpaired) electrons. The van der Waals surface area contributed by atoms with E-state index in [9.17, 15) is 14.7 Å². The topological polar surface area (TPSA) is 78.9 Å². The van der Waals surface area contributed by atoms with Crippen LogP contribution in [0.2, 0.25) is 0 Å². The molecule has 1 saturated heterocycles. The summed E-state index contributed by atoms with van der Waals surface area (Å²) in [7, 11) is 0. The molecule has 2 N–H and O–H groups in total. The molecule has 6 heteroatoms. The summed E-state index contributed by atoms with van der Waals surface area (Å²) in [5.74, 6) is -1.08. The van der Waals surface area contributed by atoms with Crippen LogP contribution in [-0.2, 0) is 17.6 Å². The molecule has 4 rings (SSSR count). The number of anilines is 2. The van der Waals surface area contributed by atoms with Crippen molar-refractivity contribution < 1.29 is 19.4 Å². The second-order valence-corrected chi connectivity index (χ2v) is 10.6. The number of phenols is 1. The third kappa shape index (κ3) is 7.13. The van der Waals surface area contributed by atoms with Gasteiger partial charge in [-0.25, -0.2) is 4.79 Å². The molecule has 0 spiro atoms. The molecule has 6 nitrogen and oxygen atoms in total. The van der Waals surface area contributed by atoms with Crippen LogP contribution in [0.15, 0.2) is 66.7 Å². The van der Waals surface area contributed by atoms with Crippen LogP contribution in [0.3, 0.4) is 0 Å². The van der Waals surface area contributed by atoms with E-state index in [0.717, 1.165) is 50.0 Å². The van der Waals surface area contributed by atoms with Gasteiger partial charge >= 0.3 is 5.97 Å². The summed E-state index contributed by atoms with van der Waals surface area (Å²) in [5.41, 5.74) is 3.25. The highest BCUT2D eigenvalue weighted by Gasteiger charge is 2.23. The standard InChI is InChI=1S/C31H36N2O4/c1-31(2,3)37-30(36)25-16-14-23(13-12-22-10-6-4-7-11-22)20-27(25)32-29(35)26-21-24(15-17-28(26)34)33-18-8-5-9-19-33/h4,6-7,10-11,14-17,20-21,34H,5,8-9,12-13,18-19H2,1-3H3,(H,32,35). The van der Waals surface area contributed by atoms with Crippen molar-refractivity contribution in [3.8, 4) is 5.75 Å². The first-order chi connectivity index (χ1) is 17.7. The van der Waals surface area contributed by atoms with Crippen molar-refractivity contribution in [3.05, 3.63) is 89.0 Å². The number of nitrogens with zero attached hydrogens (tertiary/aromatic N) is 1. The van der Waals surface area contributed by atoms with Crippen molar-refractivity contribution in [2.75, 3.05) is 23.3 Å². The van der Waals surface area contributed by atoms with E-state index < -0.39 is 17.5 Å². The highest BCUT2D eigenvalue weighted by molar-refractivity contribution is 6.09. The Morgan fingerprint density at radius 1 is 0.865 bits per heavy atom. The zero-order valence-corrected chi connectivity index (χ0v) is 21.9. The molecule has 0 aromatic heterocycles. The Hall–Kier alpha value is -3.80. The van der Waals surface area contributed by atoms with Gasteiger partial charge in [0.2, 0.25) is 0 Å². The van der Waals surface area contributed by atoms with E-state index in [1.54, 1.807) is 18.2 Å². The normalized spacial score (nSPS) is 13.8. The number of carbonyl (C=O) groups is 2.